The lowest BCUT2D eigenvalue weighted by Crippen LogP contribution is -2.17. The zero-order valence-corrected chi connectivity index (χ0v) is 13.6. The molecular formula is C20H14F2N2O2. The molecule has 130 valence electrons. The Balaban J connectivity index is 1.70. The van der Waals surface area contributed by atoms with Gasteiger partial charge in [0.15, 0.2) is 5.58 Å². The van der Waals surface area contributed by atoms with Crippen LogP contribution in [0.3, 0.4) is 0 Å². The minimum Gasteiger partial charge on any atom is -0.463 e. The molecule has 0 bridgehead atoms. The number of nitrogens with zero attached hydrogens (tertiary/aromatic N) is 1. The Kier molecular flexibility index (Phi) is 4.01. The summed E-state index contributed by atoms with van der Waals surface area (Å²) in [5, 5.41) is 2.67. The standard InChI is InChI=1S/C20H14F2N2O2/c21-14-4-1-3-13(9-14)12-24-17-7-8-26-19(17)11-18(24)20(25)23-16-6-2-5-15(22)10-16/h1-11H,12H2,(H,23,25). The van der Waals surface area contributed by atoms with E-state index in [1.54, 1.807) is 34.9 Å². The smallest absolute Gasteiger partial charge is 0.272 e. The third-order valence-electron chi connectivity index (χ3n) is 4.07. The van der Waals surface area contributed by atoms with Gasteiger partial charge in [-0.25, -0.2) is 8.78 Å². The lowest BCUT2D eigenvalue weighted by molar-refractivity contribution is 0.101. The Morgan fingerprint density at radius 1 is 1.00 bits per heavy atom. The normalized spacial score (nSPS) is 11.0. The second kappa shape index (κ2) is 6.48. The van der Waals surface area contributed by atoms with Crippen molar-refractivity contribution in [2.75, 3.05) is 5.32 Å². The number of nitrogens with one attached hydrogen (secondary N) is 1. The Morgan fingerprint density at radius 3 is 2.54 bits per heavy atom. The van der Waals surface area contributed by atoms with Crippen LogP contribution in [0.5, 0.6) is 0 Å². The Labute approximate surface area is 147 Å². The van der Waals surface area contributed by atoms with Crippen LogP contribution >= 0.6 is 0 Å². The molecule has 1 amide bonds. The minimum atomic E-state index is -0.438. The van der Waals surface area contributed by atoms with E-state index in [0.29, 0.717) is 29.1 Å². The Hall–Kier alpha value is -3.41. The fourth-order valence-corrected chi connectivity index (χ4v) is 2.91. The van der Waals surface area contributed by atoms with Crippen LogP contribution in [0.4, 0.5) is 14.5 Å². The molecule has 4 rings (SSSR count). The number of benzene rings is 2. The number of rotatable bonds is 4. The summed E-state index contributed by atoms with van der Waals surface area (Å²) in [6, 6.07) is 15.2. The van der Waals surface area contributed by atoms with Crippen molar-refractivity contribution in [3.8, 4) is 0 Å². The van der Waals surface area contributed by atoms with E-state index < -0.39 is 11.7 Å². The van der Waals surface area contributed by atoms with Crippen LogP contribution in [0.2, 0.25) is 0 Å². The van der Waals surface area contributed by atoms with Gasteiger partial charge >= 0.3 is 0 Å². The van der Waals surface area contributed by atoms with Gasteiger partial charge in [0.2, 0.25) is 0 Å². The number of amides is 1. The SMILES string of the molecule is O=C(Nc1cccc(F)c1)c1cc2occc2n1Cc1cccc(F)c1. The molecule has 0 aliphatic heterocycles. The zero-order chi connectivity index (χ0) is 18.1. The molecule has 0 radical (unpaired) electrons. The van der Waals surface area contributed by atoms with Crippen LogP contribution < -0.4 is 5.32 Å². The van der Waals surface area contributed by atoms with Gasteiger partial charge in [0.1, 0.15) is 17.3 Å². The van der Waals surface area contributed by atoms with E-state index in [0.717, 1.165) is 5.52 Å². The summed E-state index contributed by atoms with van der Waals surface area (Å²) in [5.74, 6) is -1.19. The predicted octanol–water partition coefficient (Wildman–Crippen LogP) is 4.81. The number of furan rings is 1. The second-order valence-electron chi connectivity index (χ2n) is 5.88. The molecule has 0 aliphatic rings. The molecule has 0 spiro atoms. The summed E-state index contributed by atoms with van der Waals surface area (Å²) in [5.41, 5.74) is 2.67. The number of aromatic nitrogens is 1. The summed E-state index contributed by atoms with van der Waals surface area (Å²) in [7, 11) is 0. The van der Waals surface area contributed by atoms with Gasteiger partial charge in [-0.1, -0.05) is 18.2 Å². The average molecular weight is 352 g/mol. The van der Waals surface area contributed by atoms with Gasteiger partial charge in [0.05, 0.1) is 11.8 Å². The maximum atomic E-state index is 13.5. The molecule has 0 unspecified atom stereocenters. The highest BCUT2D eigenvalue weighted by Gasteiger charge is 2.18. The first kappa shape index (κ1) is 16.1. The van der Waals surface area contributed by atoms with Gasteiger partial charge in [0, 0.05) is 24.4 Å². The number of halogens is 2. The summed E-state index contributed by atoms with van der Waals surface area (Å²) >= 11 is 0. The number of fused-ring (bicyclic) bond motifs is 1. The lowest BCUT2D eigenvalue weighted by Gasteiger charge is -2.11. The van der Waals surface area contributed by atoms with Crippen molar-refractivity contribution in [1.29, 1.82) is 0 Å². The maximum Gasteiger partial charge on any atom is 0.272 e. The van der Waals surface area contributed by atoms with Crippen molar-refractivity contribution in [1.82, 2.24) is 4.57 Å². The summed E-state index contributed by atoms with van der Waals surface area (Å²) in [4.78, 5) is 12.7. The third-order valence-corrected chi connectivity index (χ3v) is 4.07. The summed E-state index contributed by atoms with van der Waals surface area (Å²) in [6.07, 6.45) is 1.53. The molecule has 0 fully saturated rings. The van der Waals surface area contributed by atoms with Gasteiger partial charge in [-0.05, 0) is 35.9 Å². The molecule has 0 atom stereocenters. The van der Waals surface area contributed by atoms with E-state index in [9.17, 15) is 13.6 Å². The van der Waals surface area contributed by atoms with E-state index in [1.807, 2.05) is 0 Å². The third kappa shape index (κ3) is 3.09. The van der Waals surface area contributed by atoms with Crippen molar-refractivity contribution < 1.29 is 18.0 Å². The van der Waals surface area contributed by atoms with Crippen LogP contribution in [-0.2, 0) is 6.54 Å². The first-order valence-electron chi connectivity index (χ1n) is 7.98. The lowest BCUT2D eigenvalue weighted by atomic mass is 10.2. The summed E-state index contributed by atoms with van der Waals surface area (Å²) < 4.78 is 34.0. The highest BCUT2D eigenvalue weighted by atomic mass is 19.1. The molecule has 4 aromatic rings. The fraction of sp³-hybridized carbons (Fsp3) is 0.0500. The van der Waals surface area contributed by atoms with Crippen LogP contribution in [0.25, 0.3) is 11.1 Å². The number of anilines is 1. The van der Waals surface area contributed by atoms with E-state index >= 15 is 0 Å². The van der Waals surface area contributed by atoms with Crippen LogP contribution in [0, 0.1) is 11.6 Å². The van der Waals surface area contributed by atoms with Crippen molar-refractivity contribution in [2.24, 2.45) is 0 Å². The van der Waals surface area contributed by atoms with E-state index in [1.165, 1.54) is 36.6 Å². The van der Waals surface area contributed by atoms with Crippen LogP contribution in [0.1, 0.15) is 16.1 Å². The predicted molar refractivity (Wildman–Crippen MR) is 94.1 cm³/mol. The topological polar surface area (TPSA) is 47.2 Å². The molecule has 4 nitrogen and oxygen atoms in total. The Bertz CT molecular complexity index is 1100. The molecule has 1 N–H and O–H groups in total. The summed E-state index contributed by atoms with van der Waals surface area (Å²) in [6.45, 7) is 0.298. The van der Waals surface area contributed by atoms with Gasteiger partial charge in [-0.15, -0.1) is 0 Å². The largest absolute Gasteiger partial charge is 0.463 e. The highest BCUT2D eigenvalue weighted by molar-refractivity contribution is 6.05. The number of carbonyl (C=O) groups excluding carboxylic acids is 1. The first-order valence-corrected chi connectivity index (χ1v) is 7.98. The number of carbonyl (C=O) groups is 1. The number of hydrogen-bond donors (Lipinski definition) is 1. The zero-order valence-electron chi connectivity index (χ0n) is 13.6. The molecule has 6 heteroatoms. The van der Waals surface area contributed by atoms with E-state index in [4.69, 9.17) is 4.42 Å². The molecule has 2 aromatic heterocycles. The fourth-order valence-electron chi connectivity index (χ4n) is 2.91. The van der Waals surface area contributed by atoms with Gasteiger partial charge in [0.25, 0.3) is 5.91 Å². The van der Waals surface area contributed by atoms with Crippen molar-refractivity contribution in [2.45, 2.75) is 6.54 Å². The molecule has 2 heterocycles. The minimum absolute atomic E-state index is 0.298. The molecule has 26 heavy (non-hydrogen) atoms. The van der Waals surface area contributed by atoms with Crippen molar-refractivity contribution in [3.63, 3.8) is 0 Å². The van der Waals surface area contributed by atoms with E-state index in [-0.39, 0.29) is 5.82 Å². The van der Waals surface area contributed by atoms with Crippen molar-refractivity contribution >= 4 is 22.7 Å². The highest BCUT2D eigenvalue weighted by Crippen LogP contribution is 2.24. The monoisotopic (exact) mass is 352 g/mol. The molecule has 0 aliphatic carbocycles. The molecular weight excluding hydrogens is 338 g/mol. The Morgan fingerprint density at radius 2 is 1.77 bits per heavy atom. The van der Waals surface area contributed by atoms with Crippen molar-refractivity contribution in [3.05, 3.63) is 89.8 Å². The molecule has 2 aromatic carbocycles. The quantitative estimate of drug-likeness (QED) is 0.573. The molecule has 0 saturated carbocycles. The second-order valence-corrected chi connectivity index (χ2v) is 5.88. The van der Waals surface area contributed by atoms with Crippen LogP contribution in [-0.4, -0.2) is 10.5 Å². The van der Waals surface area contributed by atoms with Gasteiger partial charge < -0.3 is 14.3 Å². The van der Waals surface area contributed by atoms with Crippen LogP contribution in [0.15, 0.2) is 71.3 Å². The van der Waals surface area contributed by atoms with Gasteiger partial charge in [-0.2, -0.15) is 0 Å². The number of hydrogen-bond acceptors (Lipinski definition) is 2. The van der Waals surface area contributed by atoms with Gasteiger partial charge in [-0.3, -0.25) is 4.79 Å². The molecule has 0 saturated heterocycles. The van der Waals surface area contributed by atoms with E-state index in [2.05, 4.69) is 5.32 Å². The average Bonchev–Trinajstić information content (AvgIpc) is 3.18. The maximum absolute atomic E-state index is 13.5. The first-order chi connectivity index (χ1) is 12.6.